The topological polar surface area (TPSA) is 35.2 Å². The van der Waals surface area contributed by atoms with E-state index in [4.69, 9.17) is 10.5 Å². The molecule has 0 radical (unpaired) electrons. The Morgan fingerprint density at radius 3 is 2.28 bits per heavy atom. The van der Waals surface area contributed by atoms with E-state index in [1.807, 2.05) is 0 Å². The standard InChI is InChI=1S/C14H19F2NO/c1-18-14(4-2-3-5-14)13(17)8-10-6-11(15)9-12(16)7-10/h6-7,9,13H,2-5,8,17H2,1H3. The van der Waals surface area contributed by atoms with E-state index in [1.54, 1.807) is 7.11 Å². The van der Waals surface area contributed by atoms with Crippen molar-refractivity contribution in [1.29, 1.82) is 0 Å². The van der Waals surface area contributed by atoms with Gasteiger partial charge in [-0.05, 0) is 37.0 Å². The summed E-state index contributed by atoms with van der Waals surface area (Å²) in [5.74, 6) is -1.12. The summed E-state index contributed by atoms with van der Waals surface area (Å²) in [5, 5.41) is 0. The monoisotopic (exact) mass is 255 g/mol. The molecule has 4 heteroatoms. The lowest BCUT2D eigenvalue weighted by Gasteiger charge is -2.34. The van der Waals surface area contributed by atoms with Crippen LogP contribution in [0.4, 0.5) is 8.78 Å². The third-order valence-electron chi connectivity index (χ3n) is 3.91. The fraction of sp³-hybridized carbons (Fsp3) is 0.571. The molecule has 2 nitrogen and oxygen atoms in total. The molecule has 1 aromatic rings. The van der Waals surface area contributed by atoms with Gasteiger partial charge in [0.05, 0.1) is 5.60 Å². The summed E-state index contributed by atoms with van der Waals surface area (Å²) < 4.78 is 31.8. The number of ether oxygens (including phenoxy) is 1. The molecule has 1 fully saturated rings. The molecule has 18 heavy (non-hydrogen) atoms. The quantitative estimate of drug-likeness (QED) is 0.898. The number of nitrogens with two attached hydrogens (primary N) is 1. The van der Waals surface area contributed by atoms with E-state index in [2.05, 4.69) is 0 Å². The molecule has 1 aliphatic rings. The van der Waals surface area contributed by atoms with Gasteiger partial charge in [-0.15, -0.1) is 0 Å². The molecule has 1 unspecified atom stereocenters. The van der Waals surface area contributed by atoms with Gasteiger partial charge in [0.25, 0.3) is 0 Å². The average Bonchev–Trinajstić information content (AvgIpc) is 2.77. The van der Waals surface area contributed by atoms with Crippen LogP contribution in [0.5, 0.6) is 0 Å². The maximum absolute atomic E-state index is 13.1. The van der Waals surface area contributed by atoms with Crippen LogP contribution in [0.15, 0.2) is 18.2 Å². The Morgan fingerprint density at radius 1 is 1.22 bits per heavy atom. The fourth-order valence-electron chi connectivity index (χ4n) is 2.87. The number of benzene rings is 1. The summed E-state index contributed by atoms with van der Waals surface area (Å²) in [6.07, 6.45) is 4.46. The van der Waals surface area contributed by atoms with Gasteiger partial charge in [-0.2, -0.15) is 0 Å². The lowest BCUT2D eigenvalue weighted by atomic mass is 9.88. The zero-order valence-electron chi connectivity index (χ0n) is 10.6. The maximum Gasteiger partial charge on any atom is 0.126 e. The first-order chi connectivity index (χ1) is 8.55. The minimum atomic E-state index is -0.560. The van der Waals surface area contributed by atoms with Crippen LogP contribution in [0.1, 0.15) is 31.2 Å². The van der Waals surface area contributed by atoms with Crippen molar-refractivity contribution in [1.82, 2.24) is 0 Å². The van der Waals surface area contributed by atoms with E-state index in [-0.39, 0.29) is 11.6 Å². The van der Waals surface area contributed by atoms with Gasteiger partial charge in [0.2, 0.25) is 0 Å². The molecule has 1 aliphatic carbocycles. The zero-order chi connectivity index (χ0) is 13.2. The second-order valence-electron chi connectivity index (χ2n) is 5.06. The van der Waals surface area contributed by atoms with Crippen LogP contribution in [0.3, 0.4) is 0 Å². The van der Waals surface area contributed by atoms with Crippen molar-refractivity contribution in [3.63, 3.8) is 0 Å². The number of rotatable bonds is 4. The number of hydrogen-bond acceptors (Lipinski definition) is 2. The molecule has 0 aliphatic heterocycles. The van der Waals surface area contributed by atoms with E-state index in [1.165, 1.54) is 12.1 Å². The molecule has 0 bridgehead atoms. The van der Waals surface area contributed by atoms with Crippen molar-refractivity contribution in [2.24, 2.45) is 5.73 Å². The normalized spacial score (nSPS) is 20.0. The van der Waals surface area contributed by atoms with Crippen LogP contribution in [-0.2, 0) is 11.2 Å². The van der Waals surface area contributed by atoms with Gasteiger partial charge in [-0.25, -0.2) is 8.78 Å². The molecular formula is C14H19F2NO. The summed E-state index contributed by atoms with van der Waals surface area (Å²) in [4.78, 5) is 0. The minimum absolute atomic E-state index is 0.230. The predicted molar refractivity (Wildman–Crippen MR) is 66.2 cm³/mol. The lowest BCUT2D eigenvalue weighted by molar-refractivity contribution is -0.0253. The minimum Gasteiger partial charge on any atom is -0.377 e. The van der Waals surface area contributed by atoms with Crippen molar-refractivity contribution >= 4 is 0 Å². The molecule has 0 aromatic heterocycles. The Morgan fingerprint density at radius 2 is 1.78 bits per heavy atom. The largest absolute Gasteiger partial charge is 0.377 e. The lowest BCUT2D eigenvalue weighted by Crippen LogP contribution is -2.48. The first kappa shape index (κ1) is 13.4. The van der Waals surface area contributed by atoms with E-state index < -0.39 is 11.6 Å². The highest BCUT2D eigenvalue weighted by atomic mass is 19.1. The molecule has 0 amide bonds. The zero-order valence-corrected chi connectivity index (χ0v) is 10.6. The van der Waals surface area contributed by atoms with Crippen molar-refractivity contribution in [2.75, 3.05) is 7.11 Å². The number of methoxy groups -OCH3 is 1. The Labute approximate surface area is 106 Å². The molecule has 2 rings (SSSR count). The summed E-state index contributed by atoms with van der Waals surface area (Å²) in [5.41, 5.74) is 6.44. The predicted octanol–water partition coefficient (Wildman–Crippen LogP) is 2.79. The molecule has 0 saturated heterocycles. The third kappa shape index (κ3) is 2.70. The van der Waals surface area contributed by atoms with Crippen LogP contribution in [0, 0.1) is 11.6 Å². The highest BCUT2D eigenvalue weighted by Crippen LogP contribution is 2.36. The first-order valence-corrected chi connectivity index (χ1v) is 6.31. The average molecular weight is 255 g/mol. The van der Waals surface area contributed by atoms with E-state index in [0.717, 1.165) is 31.7 Å². The molecule has 2 N–H and O–H groups in total. The van der Waals surface area contributed by atoms with Gasteiger partial charge >= 0.3 is 0 Å². The maximum atomic E-state index is 13.1. The van der Waals surface area contributed by atoms with Gasteiger partial charge in [0.1, 0.15) is 11.6 Å². The third-order valence-corrected chi connectivity index (χ3v) is 3.91. The van der Waals surface area contributed by atoms with Gasteiger partial charge in [0, 0.05) is 19.2 Å². The molecule has 1 aromatic carbocycles. The summed E-state index contributed by atoms with van der Waals surface area (Å²) >= 11 is 0. The summed E-state index contributed by atoms with van der Waals surface area (Å²) in [6.45, 7) is 0. The van der Waals surface area contributed by atoms with Crippen LogP contribution < -0.4 is 5.73 Å². The molecular weight excluding hydrogens is 236 g/mol. The Bertz CT molecular complexity index is 396. The van der Waals surface area contributed by atoms with Crippen molar-refractivity contribution in [3.05, 3.63) is 35.4 Å². The smallest absolute Gasteiger partial charge is 0.126 e. The molecule has 1 atom stereocenters. The Balaban J connectivity index is 2.12. The van der Waals surface area contributed by atoms with Crippen molar-refractivity contribution in [3.8, 4) is 0 Å². The highest BCUT2D eigenvalue weighted by Gasteiger charge is 2.39. The van der Waals surface area contributed by atoms with Gasteiger partial charge in [-0.3, -0.25) is 0 Å². The fourth-order valence-corrected chi connectivity index (χ4v) is 2.87. The number of halogens is 2. The molecule has 0 spiro atoms. The van der Waals surface area contributed by atoms with Gasteiger partial charge in [0.15, 0.2) is 0 Å². The molecule has 0 heterocycles. The van der Waals surface area contributed by atoms with Gasteiger partial charge in [-0.1, -0.05) is 12.8 Å². The van der Waals surface area contributed by atoms with Crippen LogP contribution in [-0.4, -0.2) is 18.8 Å². The van der Waals surface area contributed by atoms with Gasteiger partial charge < -0.3 is 10.5 Å². The van der Waals surface area contributed by atoms with E-state index >= 15 is 0 Å². The van der Waals surface area contributed by atoms with Crippen LogP contribution in [0.25, 0.3) is 0 Å². The summed E-state index contributed by atoms with van der Waals surface area (Å²) in [7, 11) is 1.66. The van der Waals surface area contributed by atoms with E-state index in [0.29, 0.717) is 12.0 Å². The Hall–Kier alpha value is -1.00. The first-order valence-electron chi connectivity index (χ1n) is 6.31. The van der Waals surface area contributed by atoms with Crippen molar-refractivity contribution < 1.29 is 13.5 Å². The Kier molecular flexibility index (Phi) is 3.97. The van der Waals surface area contributed by atoms with Crippen molar-refractivity contribution in [2.45, 2.75) is 43.7 Å². The van der Waals surface area contributed by atoms with E-state index in [9.17, 15) is 8.78 Å². The second kappa shape index (κ2) is 5.33. The van der Waals surface area contributed by atoms with Crippen LogP contribution in [0.2, 0.25) is 0 Å². The number of hydrogen-bond donors (Lipinski definition) is 1. The van der Waals surface area contributed by atoms with Crippen LogP contribution >= 0.6 is 0 Å². The second-order valence-corrected chi connectivity index (χ2v) is 5.06. The molecule has 1 saturated carbocycles. The summed E-state index contributed by atoms with van der Waals surface area (Å²) in [6, 6.07) is 3.31. The molecule has 100 valence electrons. The highest BCUT2D eigenvalue weighted by molar-refractivity contribution is 5.20. The SMILES string of the molecule is COC1(C(N)Cc2cc(F)cc(F)c2)CCCC1.